The van der Waals surface area contributed by atoms with Gasteiger partial charge >= 0.3 is 0 Å². The van der Waals surface area contributed by atoms with E-state index in [1.807, 2.05) is 31.2 Å². The van der Waals surface area contributed by atoms with Crippen molar-refractivity contribution in [1.82, 2.24) is 14.9 Å². The van der Waals surface area contributed by atoms with E-state index in [1.54, 1.807) is 6.07 Å². The van der Waals surface area contributed by atoms with E-state index < -0.39 is 5.91 Å². The van der Waals surface area contributed by atoms with Crippen molar-refractivity contribution in [3.8, 4) is 0 Å². The van der Waals surface area contributed by atoms with Crippen LogP contribution in [0.2, 0.25) is 5.02 Å². The molecule has 2 heterocycles. The van der Waals surface area contributed by atoms with Crippen LogP contribution in [0.1, 0.15) is 46.7 Å². The van der Waals surface area contributed by atoms with Crippen LogP contribution in [0.15, 0.2) is 42.5 Å². The summed E-state index contributed by atoms with van der Waals surface area (Å²) in [5.41, 5.74) is 8.92. The molecule has 29 heavy (non-hydrogen) atoms. The highest BCUT2D eigenvalue weighted by atomic mass is 35.5. The normalized spacial score (nSPS) is 15.2. The minimum atomic E-state index is -0.461. The van der Waals surface area contributed by atoms with Gasteiger partial charge in [0.05, 0.1) is 16.8 Å². The smallest absolute Gasteiger partial charge is 0.250 e. The quantitative estimate of drug-likeness (QED) is 0.641. The Bertz CT molecular complexity index is 1030. The van der Waals surface area contributed by atoms with Crippen molar-refractivity contribution in [3.05, 3.63) is 70.1 Å². The SMILES string of the molecule is CCc1nc(CC(CN2CCC2)c2ccc(Cl)cc2)c2cccc(C(N)=O)c2n1. The number of halogens is 1. The van der Waals surface area contributed by atoms with E-state index >= 15 is 0 Å². The summed E-state index contributed by atoms with van der Waals surface area (Å²) in [4.78, 5) is 23.9. The average molecular weight is 409 g/mol. The largest absolute Gasteiger partial charge is 0.366 e. The lowest BCUT2D eigenvalue weighted by atomic mass is 9.91. The number of aryl methyl sites for hydroxylation is 1. The van der Waals surface area contributed by atoms with Crippen LogP contribution in [0.5, 0.6) is 0 Å². The lowest BCUT2D eigenvalue weighted by Crippen LogP contribution is -2.40. The molecule has 1 aromatic heterocycles. The number of rotatable bonds is 7. The monoisotopic (exact) mass is 408 g/mol. The summed E-state index contributed by atoms with van der Waals surface area (Å²) in [7, 11) is 0. The molecule has 0 bridgehead atoms. The van der Waals surface area contributed by atoms with Crippen molar-refractivity contribution in [2.75, 3.05) is 19.6 Å². The second-order valence-corrected chi connectivity index (χ2v) is 8.05. The third-order valence-electron chi connectivity index (χ3n) is 5.64. The van der Waals surface area contributed by atoms with Crippen LogP contribution >= 0.6 is 11.6 Å². The van der Waals surface area contributed by atoms with Gasteiger partial charge < -0.3 is 10.6 Å². The molecule has 0 aliphatic carbocycles. The standard InChI is InChI=1S/C23H25ClN4O/c1-2-21-26-20(18-5-3-6-19(23(25)29)22(18)27-21)13-16(14-28-11-4-12-28)15-7-9-17(24)10-8-15/h3,5-10,16H,2,4,11-14H2,1H3,(H2,25,29). The van der Waals surface area contributed by atoms with Crippen LogP contribution < -0.4 is 5.73 Å². The Morgan fingerprint density at radius 3 is 2.55 bits per heavy atom. The van der Waals surface area contributed by atoms with Crippen molar-refractivity contribution in [2.24, 2.45) is 5.73 Å². The van der Waals surface area contributed by atoms with Gasteiger partial charge in [-0.1, -0.05) is 42.8 Å². The Labute approximate surface area is 175 Å². The van der Waals surface area contributed by atoms with E-state index in [1.165, 1.54) is 12.0 Å². The number of fused-ring (bicyclic) bond motifs is 1. The van der Waals surface area contributed by atoms with Gasteiger partial charge in [-0.05, 0) is 49.7 Å². The molecular formula is C23H25ClN4O. The summed E-state index contributed by atoms with van der Waals surface area (Å²) in [6, 6.07) is 13.7. The minimum absolute atomic E-state index is 0.285. The number of carbonyl (C=O) groups excluding carboxylic acids is 1. The van der Waals surface area contributed by atoms with Crippen LogP contribution in [0.25, 0.3) is 10.9 Å². The number of carbonyl (C=O) groups is 1. The molecule has 150 valence electrons. The number of benzene rings is 2. The molecule has 2 aromatic carbocycles. The fraction of sp³-hybridized carbons (Fsp3) is 0.348. The van der Waals surface area contributed by atoms with Crippen LogP contribution in [0, 0.1) is 0 Å². The highest BCUT2D eigenvalue weighted by Gasteiger charge is 2.23. The number of likely N-dealkylation sites (tertiary alicyclic amines) is 1. The van der Waals surface area contributed by atoms with Crippen LogP contribution in [-0.4, -0.2) is 40.4 Å². The zero-order valence-electron chi connectivity index (χ0n) is 16.6. The van der Waals surface area contributed by atoms with E-state index in [0.29, 0.717) is 17.5 Å². The van der Waals surface area contributed by atoms with Gasteiger partial charge in [0.15, 0.2) is 0 Å². The predicted molar refractivity (Wildman–Crippen MR) is 116 cm³/mol. The Morgan fingerprint density at radius 2 is 1.93 bits per heavy atom. The first-order chi connectivity index (χ1) is 14.0. The highest BCUT2D eigenvalue weighted by Crippen LogP contribution is 2.29. The Balaban J connectivity index is 1.77. The summed E-state index contributed by atoms with van der Waals surface area (Å²) < 4.78 is 0. The fourth-order valence-corrected chi connectivity index (χ4v) is 4.04. The average Bonchev–Trinajstić information content (AvgIpc) is 2.69. The Kier molecular flexibility index (Phi) is 5.79. The van der Waals surface area contributed by atoms with Crippen molar-refractivity contribution >= 4 is 28.4 Å². The lowest BCUT2D eigenvalue weighted by Gasteiger charge is -2.34. The third kappa shape index (κ3) is 4.26. The van der Waals surface area contributed by atoms with Gasteiger partial charge in [0.25, 0.3) is 5.91 Å². The maximum absolute atomic E-state index is 11.9. The van der Waals surface area contributed by atoms with Crippen molar-refractivity contribution in [3.63, 3.8) is 0 Å². The zero-order chi connectivity index (χ0) is 20.4. The van der Waals surface area contributed by atoms with Gasteiger partial charge in [0.1, 0.15) is 5.82 Å². The Hall–Kier alpha value is -2.50. The molecule has 3 aromatic rings. The van der Waals surface area contributed by atoms with Crippen molar-refractivity contribution in [1.29, 1.82) is 0 Å². The van der Waals surface area contributed by atoms with Crippen molar-refractivity contribution in [2.45, 2.75) is 32.1 Å². The van der Waals surface area contributed by atoms with Crippen LogP contribution in [0.3, 0.4) is 0 Å². The number of hydrogen-bond acceptors (Lipinski definition) is 4. The van der Waals surface area contributed by atoms with E-state index in [0.717, 1.165) is 48.0 Å². The number of primary amides is 1. The molecule has 5 nitrogen and oxygen atoms in total. The zero-order valence-corrected chi connectivity index (χ0v) is 17.3. The summed E-state index contributed by atoms with van der Waals surface area (Å²) >= 11 is 6.11. The van der Waals surface area contributed by atoms with Gasteiger partial charge in [-0.15, -0.1) is 0 Å². The minimum Gasteiger partial charge on any atom is -0.366 e. The second-order valence-electron chi connectivity index (χ2n) is 7.61. The first kappa shape index (κ1) is 19.8. The van der Waals surface area contributed by atoms with Crippen LogP contribution in [0.4, 0.5) is 0 Å². The molecule has 2 N–H and O–H groups in total. The molecule has 1 aliphatic heterocycles. The molecule has 0 saturated carbocycles. The van der Waals surface area contributed by atoms with E-state index in [2.05, 4.69) is 22.0 Å². The summed E-state index contributed by atoms with van der Waals surface area (Å²) in [5.74, 6) is 0.560. The van der Waals surface area contributed by atoms with Gasteiger partial charge in [0, 0.05) is 29.3 Å². The molecule has 1 saturated heterocycles. The lowest BCUT2D eigenvalue weighted by molar-refractivity contribution is 0.100. The summed E-state index contributed by atoms with van der Waals surface area (Å²) in [6.07, 6.45) is 2.73. The molecule has 1 unspecified atom stereocenters. The highest BCUT2D eigenvalue weighted by molar-refractivity contribution is 6.30. The molecule has 1 aliphatic rings. The van der Waals surface area contributed by atoms with Crippen molar-refractivity contribution < 1.29 is 4.79 Å². The second kappa shape index (κ2) is 8.47. The molecule has 6 heteroatoms. The first-order valence-electron chi connectivity index (χ1n) is 10.1. The number of para-hydroxylation sites is 1. The molecule has 1 amide bonds. The number of aromatic nitrogens is 2. The van der Waals surface area contributed by atoms with E-state index in [-0.39, 0.29) is 5.92 Å². The number of hydrogen-bond donors (Lipinski definition) is 1. The summed E-state index contributed by atoms with van der Waals surface area (Å²) in [5, 5.41) is 1.64. The van der Waals surface area contributed by atoms with E-state index in [4.69, 9.17) is 22.3 Å². The molecule has 0 spiro atoms. The first-order valence-corrected chi connectivity index (χ1v) is 10.5. The molecule has 1 atom stereocenters. The van der Waals surface area contributed by atoms with Gasteiger partial charge in [-0.25, -0.2) is 9.97 Å². The molecule has 4 rings (SSSR count). The maximum Gasteiger partial charge on any atom is 0.250 e. The van der Waals surface area contributed by atoms with Gasteiger partial charge in [-0.3, -0.25) is 4.79 Å². The Morgan fingerprint density at radius 1 is 1.17 bits per heavy atom. The summed E-state index contributed by atoms with van der Waals surface area (Å²) in [6.45, 7) is 5.28. The molecular weight excluding hydrogens is 384 g/mol. The number of nitrogens with zero attached hydrogens (tertiary/aromatic N) is 3. The number of amides is 1. The van der Waals surface area contributed by atoms with Gasteiger partial charge in [-0.2, -0.15) is 0 Å². The molecule has 1 fully saturated rings. The predicted octanol–water partition coefficient (Wildman–Crippen LogP) is 3.98. The third-order valence-corrected chi connectivity index (χ3v) is 5.89. The fourth-order valence-electron chi connectivity index (χ4n) is 3.91. The maximum atomic E-state index is 11.9. The van der Waals surface area contributed by atoms with Crippen LogP contribution in [-0.2, 0) is 12.8 Å². The molecule has 0 radical (unpaired) electrons. The number of nitrogens with two attached hydrogens (primary N) is 1. The van der Waals surface area contributed by atoms with E-state index in [9.17, 15) is 4.79 Å². The topological polar surface area (TPSA) is 72.1 Å². The van der Waals surface area contributed by atoms with Gasteiger partial charge in [0.2, 0.25) is 0 Å².